The van der Waals surface area contributed by atoms with Gasteiger partial charge in [0.2, 0.25) is 0 Å². The van der Waals surface area contributed by atoms with Crippen molar-refractivity contribution in [2.75, 3.05) is 13.7 Å². The van der Waals surface area contributed by atoms with Gasteiger partial charge in [-0.3, -0.25) is 0 Å². The van der Waals surface area contributed by atoms with Crippen molar-refractivity contribution in [3.63, 3.8) is 0 Å². The third kappa shape index (κ3) is 4.58. The van der Waals surface area contributed by atoms with Gasteiger partial charge in [-0.15, -0.1) is 28.3 Å². The maximum Gasteiger partial charge on any atom is 0.190 e. The zero-order valence-corrected chi connectivity index (χ0v) is 18.8. The Labute approximate surface area is 176 Å². The van der Waals surface area contributed by atoms with Crippen LogP contribution < -0.4 is 14.3 Å². The second-order valence-electron chi connectivity index (χ2n) is 5.35. The molecular formula is C19H20Br2N2O2S. The Balaban J connectivity index is 0.00000243. The summed E-state index contributed by atoms with van der Waals surface area (Å²) < 4.78 is 13.8. The number of thiazole rings is 1. The Morgan fingerprint density at radius 3 is 2.50 bits per heavy atom. The van der Waals surface area contributed by atoms with E-state index in [0.29, 0.717) is 6.61 Å². The van der Waals surface area contributed by atoms with Crippen LogP contribution in [0.25, 0.3) is 11.3 Å². The SMILES string of the molecule is Br.CCOc1ccc(N=c2scc(-c3ccc(OC)c(Br)c3)n2C)cc1. The maximum absolute atomic E-state index is 5.47. The number of aromatic nitrogens is 1. The van der Waals surface area contributed by atoms with E-state index in [2.05, 4.69) is 31.9 Å². The first-order valence-electron chi connectivity index (χ1n) is 7.88. The van der Waals surface area contributed by atoms with Crippen LogP contribution in [0.4, 0.5) is 5.69 Å². The Hall–Kier alpha value is -1.57. The number of benzene rings is 2. The highest BCUT2D eigenvalue weighted by Crippen LogP contribution is 2.30. The van der Waals surface area contributed by atoms with Gasteiger partial charge in [0, 0.05) is 18.0 Å². The van der Waals surface area contributed by atoms with E-state index in [9.17, 15) is 0 Å². The minimum Gasteiger partial charge on any atom is -0.496 e. The van der Waals surface area contributed by atoms with Gasteiger partial charge in [0.05, 0.1) is 29.6 Å². The smallest absolute Gasteiger partial charge is 0.190 e. The maximum atomic E-state index is 5.47. The molecule has 26 heavy (non-hydrogen) atoms. The van der Waals surface area contributed by atoms with E-state index in [1.165, 1.54) is 0 Å². The molecule has 0 radical (unpaired) electrons. The third-order valence-electron chi connectivity index (χ3n) is 3.74. The van der Waals surface area contributed by atoms with E-state index < -0.39 is 0 Å². The van der Waals surface area contributed by atoms with E-state index in [1.54, 1.807) is 18.4 Å². The second kappa shape index (κ2) is 9.39. The number of methoxy groups -OCH3 is 1. The fraction of sp³-hybridized carbons (Fsp3) is 0.211. The fourth-order valence-electron chi connectivity index (χ4n) is 2.45. The van der Waals surface area contributed by atoms with Gasteiger partial charge in [0.25, 0.3) is 0 Å². The molecule has 3 rings (SSSR count). The van der Waals surface area contributed by atoms with Crippen molar-refractivity contribution >= 4 is 49.9 Å². The van der Waals surface area contributed by atoms with Crippen molar-refractivity contribution in [2.45, 2.75) is 6.92 Å². The molecule has 2 aromatic carbocycles. The Bertz CT molecular complexity index is 933. The van der Waals surface area contributed by atoms with Crippen LogP contribution in [0.15, 0.2) is 57.3 Å². The summed E-state index contributed by atoms with van der Waals surface area (Å²) >= 11 is 5.16. The van der Waals surface area contributed by atoms with E-state index in [-0.39, 0.29) is 17.0 Å². The van der Waals surface area contributed by atoms with Gasteiger partial charge in [-0.1, -0.05) is 0 Å². The standard InChI is InChI=1S/C19H19BrN2O2S.BrH/c1-4-24-15-8-6-14(7-9-15)21-19-22(2)17(12-25-19)13-5-10-18(23-3)16(20)11-13;/h5-12H,4H2,1-3H3;1H. The van der Waals surface area contributed by atoms with Gasteiger partial charge in [0.1, 0.15) is 11.5 Å². The molecule has 4 nitrogen and oxygen atoms in total. The lowest BCUT2D eigenvalue weighted by atomic mass is 10.1. The minimum absolute atomic E-state index is 0. The highest BCUT2D eigenvalue weighted by Gasteiger charge is 2.08. The predicted octanol–water partition coefficient (Wildman–Crippen LogP) is 5.73. The Kier molecular flexibility index (Phi) is 7.49. The molecule has 0 aliphatic heterocycles. The number of hydrogen-bond acceptors (Lipinski definition) is 4. The quantitative estimate of drug-likeness (QED) is 0.449. The van der Waals surface area contributed by atoms with Crippen LogP contribution in [0.5, 0.6) is 11.5 Å². The zero-order chi connectivity index (χ0) is 17.8. The first-order valence-corrected chi connectivity index (χ1v) is 9.55. The topological polar surface area (TPSA) is 35.8 Å². The molecule has 1 heterocycles. The number of rotatable bonds is 5. The largest absolute Gasteiger partial charge is 0.496 e. The third-order valence-corrected chi connectivity index (χ3v) is 5.28. The summed E-state index contributed by atoms with van der Waals surface area (Å²) in [5.41, 5.74) is 3.13. The first kappa shape index (κ1) is 20.7. The lowest BCUT2D eigenvalue weighted by Crippen LogP contribution is -2.10. The highest BCUT2D eigenvalue weighted by molar-refractivity contribution is 9.10. The number of halogens is 2. The van der Waals surface area contributed by atoms with Crippen molar-refractivity contribution in [1.29, 1.82) is 0 Å². The second-order valence-corrected chi connectivity index (χ2v) is 7.04. The van der Waals surface area contributed by atoms with Gasteiger partial charge in [-0.05, 0) is 65.3 Å². The van der Waals surface area contributed by atoms with Gasteiger partial charge in [0.15, 0.2) is 4.80 Å². The molecule has 1 aromatic heterocycles. The summed E-state index contributed by atoms with van der Waals surface area (Å²) in [4.78, 5) is 5.67. The summed E-state index contributed by atoms with van der Waals surface area (Å²) in [7, 11) is 3.69. The van der Waals surface area contributed by atoms with Gasteiger partial charge in [-0.25, -0.2) is 4.99 Å². The summed E-state index contributed by atoms with van der Waals surface area (Å²) in [6, 6.07) is 13.9. The number of nitrogens with zero attached hydrogens (tertiary/aromatic N) is 2. The number of hydrogen-bond donors (Lipinski definition) is 0. The molecule has 0 saturated carbocycles. The van der Waals surface area contributed by atoms with Crippen molar-refractivity contribution in [3.05, 3.63) is 57.1 Å². The van der Waals surface area contributed by atoms with Gasteiger partial charge < -0.3 is 14.0 Å². The minimum atomic E-state index is 0. The molecule has 0 aliphatic rings. The summed E-state index contributed by atoms with van der Waals surface area (Å²) in [6.45, 7) is 2.64. The van der Waals surface area contributed by atoms with Crippen molar-refractivity contribution in [3.8, 4) is 22.8 Å². The van der Waals surface area contributed by atoms with E-state index >= 15 is 0 Å². The molecule has 0 spiro atoms. The van der Waals surface area contributed by atoms with Crippen molar-refractivity contribution < 1.29 is 9.47 Å². The monoisotopic (exact) mass is 498 g/mol. The predicted molar refractivity (Wildman–Crippen MR) is 116 cm³/mol. The van der Waals surface area contributed by atoms with Crippen molar-refractivity contribution in [2.24, 2.45) is 12.0 Å². The molecule has 0 aliphatic carbocycles. The molecular weight excluding hydrogens is 480 g/mol. The van der Waals surface area contributed by atoms with E-state index in [1.807, 2.05) is 50.4 Å². The lowest BCUT2D eigenvalue weighted by molar-refractivity contribution is 0.340. The lowest BCUT2D eigenvalue weighted by Gasteiger charge is -2.07. The molecule has 7 heteroatoms. The number of ether oxygens (including phenoxy) is 2. The highest BCUT2D eigenvalue weighted by atomic mass is 79.9. The molecule has 0 unspecified atom stereocenters. The van der Waals surface area contributed by atoms with Crippen LogP contribution in [-0.4, -0.2) is 18.3 Å². The van der Waals surface area contributed by atoms with Gasteiger partial charge >= 0.3 is 0 Å². The fourth-order valence-corrected chi connectivity index (χ4v) is 3.92. The molecule has 138 valence electrons. The van der Waals surface area contributed by atoms with E-state index in [4.69, 9.17) is 14.5 Å². The molecule has 0 atom stereocenters. The van der Waals surface area contributed by atoms with E-state index in [0.717, 1.165) is 37.7 Å². The van der Waals surface area contributed by atoms with Crippen LogP contribution in [0.1, 0.15) is 6.92 Å². The molecule has 0 saturated heterocycles. The Morgan fingerprint density at radius 1 is 1.15 bits per heavy atom. The molecule has 0 bridgehead atoms. The average Bonchev–Trinajstić information content (AvgIpc) is 2.97. The van der Waals surface area contributed by atoms with Crippen LogP contribution >= 0.6 is 44.2 Å². The summed E-state index contributed by atoms with van der Waals surface area (Å²) in [5, 5.41) is 2.11. The van der Waals surface area contributed by atoms with Crippen molar-refractivity contribution in [1.82, 2.24) is 4.57 Å². The zero-order valence-electron chi connectivity index (χ0n) is 14.7. The molecule has 3 aromatic rings. The van der Waals surface area contributed by atoms with Crippen LogP contribution in [0, 0.1) is 0 Å². The molecule has 0 fully saturated rings. The average molecular weight is 500 g/mol. The normalized spacial score (nSPS) is 11.2. The summed E-state index contributed by atoms with van der Waals surface area (Å²) in [5.74, 6) is 1.68. The molecule has 0 N–H and O–H groups in total. The van der Waals surface area contributed by atoms with Crippen LogP contribution in [0.3, 0.4) is 0 Å². The van der Waals surface area contributed by atoms with Crippen LogP contribution in [-0.2, 0) is 7.05 Å². The van der Waals surface area contributed by atoms with Gasteiger partial charge in [-0.2, -0.15) is 0 Å². The first-order chi connectivity index (χ1) is 12.1. The van der Waals surface area contributed by atoms with Crippen LogP contribution in [0.2, 0.25) is 0 Å². The molecule has 0 amide bonds. The Morgan fingerprint density at radius 2 is 1.88 bits per heavy atom. The summed E-state index contributed by atoms with van der Waals surface area (Å²) in [6.07, 6.45) is 0.